The minimum absolute atomic E-state index is 0.0154. The van der Waals surface area contributed by atoms with Gasteiger partial charge in [-0.05, 0) is 28.2 Å². The molecular weight excluding hydrogens is 330 g/mol. The van der Waals surface area contributed by atoms with Gasteiger partial charge in [-0.3, -0.25) is 4.79 Å². The van der Waals surface area contributed by atoms with Crippen molar-refractivity contribution in [2.45, 2.75) is 12.8 Å². The van der Waals surface area contributed by atoms with Gasteiger partial charge in [0, 0.05) is 19.0 Å². The maximum Gasteiger partial charge on any atom is 0.409 e. The highest BCUT2D eigenvalue weighted by atomic mass is 16.6. The van der Waals surface area contributed by atoms with Gasteiger partial charge in [0.2, 0.25) is 0 Å². The van der Waals surface area contributed by atoms with E-state index in [-0.39, 0.29) is 25.0 Å². The first kappa shape index (κ1) is 16.6. The van der Waals surface area contributed by atoms with Crippen molar-refractivity contribution in [2.75, 3.05) is 19.7 Å². The van der Waals surface area contributed by atoms with E-state index in [2.05, 4.69) is 24.3 Å². The van der Waals surface area contributed by atoms with Crippen LogP contribution in [-0.4, -0.2) is 41.8 Å². The zero-order valence-corrected chi connectivity index (χ0v) is 14.6. The Labute approximate surface area is 152 Å². The number of ether oxygens (including phenoxy) is 1. The van der Waals surface area contributed by atoms with E-state index in [9.17, 15) is 14.7 Å². The van der Waals surface area contributed by atoms with Gasteiger partial charge in [0.25, 0.3) is 0 Å². The van der Waals surface area contributed by atoms with Gasteiger partial charge in [-0.15, -0.1) is 0 Å². The summed E-state index contributed by atoms with van der Waals surface area (Å²) in [5.74, 6) is -1.42. The third-order valence-corrected chi connectivity index (χ3v) is 5.52. The van der Waals surface area contributed by atoms with Crippen LogP contribution in [0.15, 0.2) is 48.5 Å². The maximum absolute atomic E-state index is 12.5. The number of carbonyl (C=O) groups excluding carboxylic acids is 1. The summed E-state index contributed by atoms with van der Waals surface area (Å²) in [4.78, 5) is 25.2. The summed E-state index contributed by atoms with van der Waals surface area (Å²) in [6, 6.07) is 16.4. The number of fused-ring (bicyclic) bond motifs is 3. The molecular formula is C21H21NO4. The first-order chi connectivity index (χ1) is 12.6. The van der Waals surface area contributed by atoms with Crippen molar-refractivity contribution in [3.8, 4) is 11.1 Å². The number of carbonyl (C=O) groups is 2. The second kappa shape index (κ2) is 6.48. The number of carboxylic acid groups (broad SMARTS) is 1. The molecule has 5 nitrogen and oxygen atoms in total. The predicted octanol–water partition coefficient (Wildman–Crippen LogP) is 3.59. The number of nitrogens with zero attached hydrogens (tertiary/aromatic N) is 1. The summed E-state index contributed by atoms with van der Waals surface area (Å²) < 4.78 is 5.59. The molecule has 134 valence electrons. The number of hydrogen-bond donors (Lipinski definition) is 1. The number of carboxylic acids is 1. The molecule has 1 amide bonds. The number of benzene rings is 2. The van der Waals surface area contributed by atoms with Crippen LogP contribution < -0.4 is 0 Å². The number of likely N-dealkylation sites (tertiary alicyclic amines) is 1. The molecule has 26 heavy (non-hydrogen) atoms. The smallest absolute Gasteiger partial charge is 0.409 e. The quantitative estimate of drug-likeness (QED) is 0.918. The maximum atomic E-state index is 12.5. The van der Waals surface area contributed by atoms with E-state index in [1.807, 2.05) is 31.2 Å². The summed E-state index contributed by atoms with van der Waals surface area (Å²) >= 11 is 0. The average molecular weight is 351 g/mol. The third kappa shape index (κ3) is 2.73. The Bertz CT molecular complexity index is 817. The summed E-state index contributed by atoms with van der Waals surface area (Å²) in [5.41, 5.74) is 4.70. The molecule has 1 aliphatic carbocycles. The van der Waals surface area contributed by atoms with Crippen LogP contribution in [-0.2, 0) is 9.53 Å². The second-order valence-corrected chi connectivity index (χ2v) is 7.13. The van der Waals surface area contributed by atoms with E-state index in [0.717, 1.165) is 0 Å². The fraction of sp³-hybridized carbons (Fsp3) is 0.333. The van der Waals surface area contributed by atoms with Crippen LogP contribution >= 0.6 is 0 Å². The molecule has 1 fully saturated rings. The zero-order chi connectivity index (χ0) is 18.3. The van der Waals surface area contributed by atoms with Crippen LogP contribution in [0, 0.1) is 11.8 Å². The van der Waals surface area contributed by atoms with Crippen molar-refractivity contribution in [2.24, 2.45) is 11.8 Å². The van der Waals surface area contributed by atoms with Crippen LogP contribution in [0.2, 0.25) is 0 Å². The lowest BCUT2D eigenvalue weighted by molar-refractivity contribution is -0.142. The molecule has 0 spiro atoms. The van der Waals surface area contributed by atoms with E-state index >= 15 is 0 Å². The Hall–Kier alpha value is -2.82. The highest BCUT2D eigenvalue weighted by molar-refractivity contribution is 5.79. The van der Waals surface area contributed by atoms with E-state index in [1.54, 1.807) is 0 Å². The van der Waals surface area contributed by atoms with Crippen LogP contribution in [0.25, 0.3) is 11.1 Å². The lowest BCUT2D eigenvalue weighted by atomic mass is 9.98. The van der Waals surface area contributed by atoms with Gasteiger partial charge in [0.1, 0.15) is 6.61 Å². The van der Waals surface area contributed by atoms with Gasteiger partial charge in [-0.1, -0.05) is 55.5 Å². The van der Waals surface area contributed by atoms with Gasteiger partial charge < -0.3 is 14.7 Å². The lowest BCUT2D eigenvalue weighted by Crippen LogP contribution is -2.31. The molecule has 0 unspecified atom stereocenters. The van der Waals surface area contributed by atoms with Gasteiger partial charge >= 0.3 is 12.1 Å². The third-order valence-electron chi connectivity index (χ3n) is 5.52. The molecule has 0 bridgehead atoms. The Kier molecular flexibility index (Phi) is 4.15. The molecule has 4 rings (SSSR count). The monoisotopic (exact) mass is 351 g/mol. The first-order valence-corrected chi connectivity index (χ1v) is 8.89. The Morgan fingerprint density at radius 1 is 1.04 bits per heavy atom. The topological polar surface area (TPSA) is 66.8 Å². The largest absolute Gasteiger partial charge is 0.481 e. The number of amides is 1. The SMILES string of the molecule is C[C@@H]1CN(C(=O)OCC2c3ccccc3-c3ccccc32)C[C@H]1C(=O)O. The fourth-order valence-corrected chi connectivity index (χ4v) is 4.12. The first-order valence-electron chi connectivity index (χ1n) is 8.89. The summed E-state index contributed by atoms with van der Waals surface area (Å²) in [5, 5.41) is 9.23. The Morgan fingerprint density at radius 3 is 2.15 bits per heavy atom. The number of aliphatic carboxylic acids is 1. The van der Waals surface area contributed by atoms with Crippen molar-refractivity contribution in [1.29, 1.82) is 0 Å². The molecule has 0 aromatic heterocycles. The molecule has 2 aromatic rings. The fourth-order valence-electron chi connectivity index (χ4n) is 4.12. The van der Waals surface area contributed by atoms with Crippen molar-refractivity contribution >= 4 is 12.1 Å². The Morgan fingerprint density at radius 2 is 1.62 bits per heavy atom. The van der Waals surface area contributed by atoms with E-state index in [0.29, 0.717) is 6.54 Å². The van der Waals surface area contributed by atoms with Crippen LogP contribution in [0.3, 0.4) is 0 Å². The standard InChI is InChI=1S/C21H21NO4/c1-13-10-22(11-18(13)20(23)24)21(25)26-12-19-16-8-4-2-6-14(16)15-7-3-5-9-17(15)19/h2-9,13,18-19H,10-12H2,1H3,(H,23,24)/t13-,18-/m1/s1. The van der Waals surface area contributed by atoms with E-state index in [1.165, 1.54) is 27.2 Å². The highest BCUT2D eigenvalue weighted by Gasteiger charge is 2.38. The lowest BCUT2D eigenvalue weighted by Gasteiger charge is -2.19. The van der Waals surface area contributed by atoms with Gasteiger partial charge in [0.15, 0.2) is 0 Å². The molecule has 1 aliphatic heterocycles. The van der Waals surface area contributed by atoms with Crippen molar-refractivity contribution < 1.29 is 19.4 Å². The molecule has 1 heterocycles. The molecule has 1 N–H and O–H groups in total. The number of rotatable bonds is 3. The highest BCUT2D eigenvalue weighted by Crippen LogP contribution is 2.44. The van der Waals surface area contributed by atoms with Crippen molar-refractivity contribution in [1.82, 2.24) is 4.90 Å². The summed E-state index contributed by atoms with van der Waals surface area (Å²) in [6.45, 7) is 2.76. The van der Waals surface area contributed by atoms with E-state index in [4.69, 9.17) is 4.74 Å². The number of hydrogen-bond acceptors (Lipinski definition) is 3. The molecule has 0 saturated carbocycles. The second-order valence-electron chi connectivity index (χ2n) is 7.13. The minimum Gasteiger partial charge on any atom is -0.481 e. The van der Waals surface area contributed by atoms with Gasteiger partial charge in [-0.25, -0.2) is 4.79 Å². The van der Waals surface area contributed by atoms with Crippen LogP contribution in [0.5, 0.6) is 0 Å². The zero-order valence-electron chi connectivity index (χ0n) is 14.6. The Balaban J connectivity index is 1.49. The normalized spacial score (nSPS) is 21.3. The summed E-state index contributed by atoms with van der Waals surface area (Å²) in [7, 11) is 0. The summed E-state index contributed by atoms with van der Waals surface area (Å²) in [6.07, 6.45) is -0.428. The van der Waals surface area contributed by atoms with Crippen LogP contribution in [0.4, 0.5) is 4.79 Å². The molecule has 2 aromatic carbocycles. The molecule has 2 atom stereocenters. The van der Waals surface area contributed by atoms with E-state index < -0.39 is 18.0 Å². The average Bonchev–Trinajstić information content (AvgIpc) is 3.18. The van der Waals surface area contributed by atoms with Gasteiger partial charge in [-0.2, -0.15) is 0 Å². The van der Waals surface area contributed by atoms with Crippen molar-refractivity contribution in [3.05, 3.63) is 59.7 Å². The molecule has 1 saturated heterocycles. The minimum atomic E-state index is -0.855. The molecule has 2 aliphatic rings. The van der Waals surface area contributed by atoms with Gasteiger partial charge in [0.05, 0.1) is 5.92 Å². The molecule has 5 heteroatoms. The van der Waals surface area contributed by atoms with Crippen molar-refractivity contribution in [3.63, 3.8) is 0 Å². The van der Waals surface area contributed by atoms with Crippen LogP contribution in [0.1, 0.15) is 24.0 Å². The predicted molar refractivity (Wildman–Crippen MR) is 96.9 cm³/mol. The molecule has 0 radical (unpaired) electrons.